The predicted octanol–water partition coefficient (Wildman–Crippen LogP) is 3.36. The molecule has 1 aromatic carbocycles. The van der Waals surface area contributed by atoms with E-state index in [1.54, 1.807) is 0 Å². The quantitative estimate of drug-likeness (QED) is 0.625. The molecule has 1 aliphatic rings. The van der Waals surface area contributed by atoms with Crippen LogP contribution in [0.25, 0.3) is 0 Å². The molecule has 0 saturated heterocycles. The number of rotatable bonds is 4. The largest absolute Gasteiger partial charge is 0.478 e. The molecular weight excluding hydrogens is 358 g/mol. The van der Waals surface area contributed by atoms with E-state index in [1.807, 2.05) is 0 Å². The zero-order valence-corrected chi connectivity index (χ0v) is 14.3. The fourth-order valence-corrected chi connectivity index (χ4v) is 4.20. The van der Waals surface area contributed by atoms with Gasteiger partial charge in [-0.25, -0.2) is 4.79 Å². The Balaban J connectivity index is 1.97. The number of hydrogen-bond donors (Lipinski definition) is 2. The van der Waals surface area contributed by atoms with Crippen molar-refractivity contribution in [3.8, 4) is 6.07 Å². The first kappa shape index (κ1) is 17.6. The molecule has 1 heterocycles. The summed E-state index contributed by atoms with van der Waals surface area (Å²) in [6.45, 7) is 0. The number of nitro benzene ring substituents is 1. The van der Waals surface area contributed by atoms with Gasteiger partial charge >= 0.3 is 5.97 Å². The van der Waals surface area contributed by atoms with Gasteiger partial charge in [0.15, 0.2) is 0 Å². The van der Waals surface area contributed by atoms with Gasteiger partial charge in [0.25, 0.3) is 11.6 Å². The van der Waals surface area contributed by atoms with Gasteiger partial charge in [0.2, 0.25) is 0 Å². The highest BCUT2D eigenvalue weighted by Gasteiger charge is 2.25. The van der Waals surface area contributed by atoms with E-state index < -0.39 is 28.1 Å². The Labute approximate surface area is 151 Å². The maximum Gasteiger partial charge on any atom is 0.336 e. The van der Waals surface area contributed by atoms with Crippen molar-refractivity contribution in [3.05, 3.63) is 55.4 Å². The predicted molar refractivity (Wildman–Crippen MR) is 93.7 cm³/mol. The highest BCUT2D eigenvalue weighted by atomic mass is 32.1. The van der Waals surface area contributed by atoms with Crippen molar-refractivity contribution in [1.82, 2.24) is 0 Å². The lowest BCUT2D eigenvalue weighted by molar-refractivity contribution is -0.384. The number of aryl methyl sites for hydroxylation is 1. The summed E-state index contributed by atoms with van der Waals surface area (Å²) in [5, 5.41) is 32.5. The minimum Gasteiger partial charge on any atom is -0.478 e. The molecule has 9 heteroatoms. The van der Waals surface area contributed by atoms with Gasteiger partial charge in [-0.1, -0.05) is 0 Å². The van der Waals surface area contributed by atoms with Crippen LogP contribution >= 0.6 is 11.3 Å². The number of fused-ring (bicyclic) bond motifs is 1. The van der Waals surface area contributed by atoms with Crippen molar-refractivity contribution in [2.45, 2.75) is 25.7 Å². The van der Waals surface area contributed by atoms with E-state index in [0.29, 0.717) is 10.6 Å². The summed E-state index contributed by atoms with van der Waals surface area (Å²) in [7, 11) is 0. The maximum atomic E-state index is 12.6. The second-order valence-electron chi connectivity index (χ2n) is 5.77. The third-order valence-electron chi connectivity index (χ3n) is 4.20. The molecule has 26 heavy (non-hydrogen) atoms. The number of hydrogen-bond acceptors (Lipinski definition) is 6. The molecular formula is C17H13N3O5S. The van der Waals surface area contributed by atoms with Crippen LogP contribution in [0, 0.1) is 21.4 Å². The molecule has 0 aliphatic heterocycles. The molecule has 8 nitrogen and oxygen atoms in total. The average Bonchev–Trinajstić information content (AvgIpc) is 2.97. The van der Waals surface area contributed by atoms with Crippen LogP contribution in [0.1, 0.15) is 49.6 Å². The van der Waals surface area contributed by atoms with E-state index in [0.717, 1.165) is 54.3 Å². The van der Waals surface area contributed by atoms with E-state index in [9.17, 15) is 30.1 Å². The Kier molecular flexibility index (Phi) is 4.69. The summed E-state index contributed by atoms with van der Waals surface area (Å²) >= 11 is 1.32. The molecule has 0 spiro atoms. The Bertz CT molecular complexity index is 974. The van der Waals surface area contributed by atoms with Crippen LogP contribution in [-0.2, 0) is 12.8 Å². The number of carbonyl (C=O) groups excluding carboxylic acids is 1. The van der Waals surface area contributed by atoms with Crippen molar-refractivity contribution in [2.75, 3.05) is 5.32 Å². The van der Waals surface area contributed by atoms with E-state index in [-0.39, 0.29) is 5.56 Å². The lowest BCUT2D eigenvalue weighted by atomic mass is 9.96. The Morgan fingerprint density at radius 2 is 2.00 bits per heavy atom. The number of anilines is 1. The fourth-order valence-electron chi connectivity index (χ4n) is 2.96. The first-order valence-corrected chi connectivity index (χ1v) is 8.61. The second-order valence-corrected chi connectivity index (χ2v) is 6.88. The highest BCUT2D eigenvalue weighted by molar-refractivity contribution is 7.16. The Morgan fingerprint density at radius 3 is 2.65 bits per heavy atom. The van der Waals surface area contributed by atoms with E-state index in [4.69, 9.17) is 0 Å². The number of carboxylic acids is 1. The maximum absolute atomic E-state index is 12.6. The van der Waals surface area contributed by atoms with Crippen molar-refractivity contribution in [2.24, 2.45) is 0 Å². The third-order valence-corrected chi connectivity index (χ3v) is 5.41. The lowest BCUT2D eigenvalue weighted by Gasteiger charge is -2.09. The SMILES string of the molecule is N#Cc1c(NC(=O)c2ccc([N+](=O)[O-])cc2C(=O)O)sc2c1CCCC2. The second kappa shape index (κ2) is 6.93. The van der Waals surface area contributed by atoms with Crippen LogP contribution in [0.3, 0.4) is 0 Å². The molecule has 1 aliphatic carbocycles. The van der Waals surface area contributed by atoms with Crippen molar-refractivity contribution in [1.29, 1.82) is 5.26 Å². The van der Waals surface area contributed by atoms with E-state index >= 15 is 0 Å². The molecule has 0 saturated carbocycles. The Hall–Kier alpha value is -3.25. The van der Waals surface area contributed by atoms with Gasteiger partial charge in [-0.05, 0) is 37.3 Å². The van der Waals surface area contributed by atoms with Crippen LogP contribution in [0.5, 0.6) is 0 Å². The smallest absolute Gasteiger partial charge is 0.336 e. The minimum atomic E-state index is -1.44. The Morgan fingerprint density at radius 1 is 1.27 bits per heavy atom. The zero-order chi connectivity index (χ0) is 18.8. The molecule has 0 atom stereocenters. The molecule has 0 unspecified atom stereocenters. The summed E-state index contributed by atoms with van der Waals surface area (Å²) in [6.07, 6.45) is 3.64. The molecule has 2 N–H and O–H groups in total. The molecule has 132 valence electrons. The first-order chi connectivity index (χ1) is 12.4. The normalized spacial score (nSPS) is 12.7. The van der Waals surface area contributed by atoms with Gasteiger partial charge in [-0.15, -0.1) is 11.3 Å². The standard InChI is InChI=1S/C17H13N3O5S/c18-8-13-10-3-1-2-4-14(10)26-16(13)19-15(21)11-6-5-9(20(24)25)7-12(11)17(22)23/h5-7H,1-4H2,(H,19,21)(H,22,23). The number of carboxylic acid groups (broad SMARTS) is 1. The van der Waals surface area contributed by atoms with Crippen molar-refractivity contribution >= 4 is 33.9 Å². The average molecular weight is 371 g/mol. The van der Waals surface area contributed by atoms with Crippen LogP contribution in [0.4, 0.5) is 10.7 Å². The number of nitrogens with one attached hydrogen (secondary N) is 1. The number of nitriles is 1. The van der Waals surface area contributed by atoms with E-state index in [2.05, 4.69) is 11.4 Å². The summed E-state index contributed by atoms with van der Waals surface area (Å²) in [4.78, 5) is 35.1. The van der Waals surface area contributed by atoms with Crippen molar-refractivity contribution in [3.63, 3.8) is 0 Å². The molecule has 3 rings (SSSR count). The summed E-state index contributed by atoms with van der Waals surface area (Å²) < 4.78 is 0. The number of carbonyl (C=O) groups is 2. The van der Waals surface area contributed by atoms with Gasteiger partial charge < -0.3 is 10.4 Å². The van der Waals surface area contributed by atoms with Crippen molar-refractivity contribution < 1.29 is 19.6 Å². The molecule has 1 aromatic heterocycles. The van der Waals surface area contributed by atoms with Crippen LogP contribution in [-0.4, -0.2) is 21.9 Å². The number of nitrogens with zero attached hydrogens (tertiary/aromatic N) is 2. The first-order valence-electron chi connectivity index (χ1n) is 7.80. The van der Waals surface area contributed by atoms with Gasteiger partial charge in [0.05, 0.1) is 21.6 Å². The van der Waals surface area contributed by atoms with Crippen LogP contribution < -0.4 is 5.32 Å². The van der Waals surface area contributed by atoms with Crippen LogP contribution in [0.2, 0.25) is 0 Å². The third kappa shape index (κ3) is 3.14. The zero-order valence-electron chi connectivity index (χ0n) is 13.4. The lowest BCUT2D eigenvalue weighted by Crippen LogP contribution is -2.16. The molecule has 0 radical (unpaired) electrons. The van der Waals surface area contributed by atoms with Gasteiger partial charge in [-0.3, -0.25) is 14.9 Å². The van der Waals surface area contributed by atoms with E-state index in [1.165, 1.54) is 11.3 Å². The van der Waals surface area contributed by atoms with Gasteiger partial charge in [-0.2, -0.15) is 5.26 Å². The topological polar surface area (TPSA) is 133 Å². The number of non-ortho nitro benzene ring substituents is 1. The molecule has 0 bridgehead atoms. The van der Waals surface area contributed by atoms with Crippen LogP contribution in [0.15, 0.2) is 18.2 Å². The number of aromatic carboxylic acids is 1. The highest BCUT2D eigenvalue weighted by Crippen LogP contribution is 2.38. The monoisotopic (exact) mass is 371 g/mol. The number of nitro groups is 1. The van der Waals surface area contributed by atoms with Gasteiger partial charge in [0.1, 0.15) is 11.1 Å². The molecule has 0 fully saturated rings. The summed E-state index contributed by atoms with van der Waals surface area (Å²) in [6, 6.07) is 5.14. The number of benzene rings is 1. The fraction of sp³-hybridized carbons (Fsp3) is 0.235. The summed E-state index contributed by atoms with van der Waals surface area (Å²) in [5.41, 5.74) is 0.288. The van der Waals surface area contributed by atoms with Gasteiger partial charge in [0, 0.05) is 17.0 Å². The summed E-state index contributed by atoms with van der Waals surface area (Å²) in [5.74, 6) is -2.16. The number of amides is 1. The molecule has 1 amide bonds. The number of thiophene rings is 1. The molecule has 2 aromatic rings. The minimum absolute atomic E-state index is 0.196.